The third kappa shape index (κ3) is 3.47. The van der Waals surface area contributed by atoms with E-state index in [4.69, 9.17) is 0 Å². The van der Waals surface area contributed by atoms with E-state index in [0.717, 1.165) is 31.6 Å². The lowest BCUT2D eigenvalue weighted by Gasteiger charge is -2.39. The van der Waals surface area contributed by atoms with Crippen LogP contribution >= 0.6 is 0 Å². The van der Waals surface area contributed by atoms with Crippen molar-refractivity contribution in [1.82, 2.24) is 4.98 Å². The number of hydrogen-bond acceptors (Lipinski definition) is 3. The summed E-state index contributed by atoms with van der Waals surface area (Å²) in [6, 6.07) is 4.28. The zero-order valence-corrected chi connectivity index (χ0v) is 12.6. The van der Waals surface area contributed by atoms with Gasteiger partial charge in [-0.15, -0.1) is 0 Å². The van der Waals surface area contributed by atoms with Gasteiger partial charge < -0.3 is 10.0 Å². The number of hydrogen-bond donors (Lipinski definition) is 1. The molecule has 0 amide bonds. The third-order valence-electron chi connectivity index (χ3n) is 4.15. The minimum atomic E-state index is -0.593. The molecule has 1 saturated heterocycles. The predicted octanol–water partition coefficient (Wildman–Crippen LogP) is 3.19. The SMILES string of the molecule is CC(C)c1ccc(N2CCC[C@@H](C(C)(C)O)C2)cn1. The van der Waals surface area contributed by atoms with Gasteiger partial charge in [0.25, 0.3) is 0 Å². The Hall–Kier alpha value is -1.09. The molecule has 1 aromatic rings. The Bertz CT molecular complexity index is 406. The normalized spacial score (nSPS) is 20.9. The van der Waals surface area contributed by atoms with Crippen LogP contribution < -0.4 is 4.90 Å². The van der Waals surface area contributed by atoms with Gasteiger partial charge in [-0.3, -0.25) is 4.98 Å². The van der Waals surface area contributed by atoms with E-state index in [1.165, 1.54) is 5.69 Å². The molecular weight excluding hydrogens is 236 g/mol. The molecule has 0 spiro atoms. The Balaban J connectivity index is 2.09. The summed E-state index contributed by atoms with van der Waals surface area (Å²) in [7, 11) is 0. The summed E-state index contributed by atoms with van der Waals surface area (Å²) in [5.41, 5.74) is 1.72. The quantitative estimate of drug-likeness (QED) is 0.909. The monoisotopic (exact) mass is 262 g/mol. The zero-order valence-electron chi connectivity index (χ0n) is 12.6. The Kier molecular flexibility index (Phi) is 4.14. The Labute approximate surface area is 116 Å². The maximum atomic E-state index is 10.2. The van der Waals surface area contributed by atoms with E-state index in [0.29, 0.717) is 11.8 Å². The van der Waals surface area contributed by atoms with Crippen LogP contribution in [-0.4, -0.2) is 28.8 Å². The smallest absolute Gasteiger partial charge is 0.0636 e. The van der Waals surface area contributed by atoms with Gasteiger partial charge in [0.05, 0.1) is 17.5 Å². The number of piperidine rings is 1. The van der Waals surface area contributed by atoms with Crippen molar-refractivity contribution in [1.29, 1.82) is 0 Å². The highest BCUT2D eigenvalue weighted by atomic mass is 16.3. The Morgan fingerprint density at radius 1 is 1.37 bits per heavy atom. The number of aromatic nitrogens is 1. The first-order valence-corrected chi connectivity index (χ1v) is 7.31. The van der Waals surface area contributed by atoms with Crippen molar-refractivity contribution >= 4 is 5.69 Å². The van der Waals surface area contributed by atoms with E-state index in [2.05, 4.69) is 35.9 Å². The van der Waals surface area contributed by atoms with Gasteiger partial charge in [-0.1, -0.05) is 13.8 Å². The number of anilines is 1. The first-order valence-electron chi connectivity index (χ1n) is 7.31. The molecule has 1 aromatic heterocycles. The van der Waals surface area contributed by atoms with E-state index >= 15 is 0 Å². The molecule has 0 aliphatic carbocycles. The van der Waals surface area contributed by atoms with Gasteiger partial charge in [0.2, 0.25) is 0 Å². The standard InChI is InChI=1S/C16H26N2O/c1-12(2)15-8-7-14(10-17-15)18-9-5-6-13(11-18)16(3,4)19/h7-8,10,12-13,19H,5-6,9,11H2,1-4H3/t13-/m1/s1. The topological polar surface area (TPSA) is 36.4 Å². The number of rotatable bonds is 3. The van der Waals surface area contributed by atoms with Gasteiger partial charge in [-0.2, -0.15) is 0 Å². The van der Waals surface area contributed by atoms with E-state index in [9.17, 15) is 5.11 Å². The van der Waals surface area contributed by atoms with Crippen LogP contribution in [0.15, 0.2) is 18.3 Å². The molecule has 0 unspecified atom stereocenters. The summed E-state index contributed by atoms with van der Waals surface area (Å²) in [5.74, 6) is 0.811. The van der Waals surface area contributed by atoms with Crippen molar-refractivity contribution in [3.8, 4) is 0 Å². The summed E-state index contributed by atoms with van der Waals surface area (Å²) in [6.07, 6.45) is 4.22. The van der Waals surface area contributed by atoms with Crippen LogP contribution in [0.25, 0.3) is 0 Å². The second kappa shape index (κ2) is 5.49. The second-order valence-electron chi connectivity index (χ2n) is 6.53. The van der Waals surface area contributed by atoms with E-state index in [1.54, 1.807) is 0 Å². The summed E-state index contributed by atoms with van der Waals surface area (Å²) in [6.45, 7) is 10.1. The molecule has 0 aromatic carbocycles. The van der Waals surface area contributed by atoms with Crippen molar-refractivity contribution in [2.24, 2.45) is 5.92 Å². The maximum absolute atomic E-state index is 10.2. The highest BCUT2D eigenvalue weighted by Crippen LogP contribution is 2.29. The Morgan fingerprint density at radius 2 is 2.11 bits per heavy atom. The van der Waals surface area contributed by atoms with Gasteiger partial charge in [0.15, 0.2) is 0 Å². The summed E-state index contributed by atoms with van der Waals surface area (Å²) in [5, 5.41) is 10.2. The van der Waals surface area contributed by atoms with Gasteiger partial charge in [0, 0.05) is 24.7 Å². The molecule has 1 aliphatic rings. The van der Waals surface area contributed by atoms with Crippen LogP contribution in [0.2, 0.25) is 0 Å². The molecule has 1 aliphatic heterocycles. The predicted molar refractivity (Wildman–Crippen MR) is 79.6 cm³/mol. The highest BCUT2D eigenvalue weighted by Gasteiger charge is 2.31. The molecule has 0 radical (unpaired) electrons. The van der Waals surface area contributed by atoms with Crippen molar-refractivity contribution in [3.05, 3.63) is 24.0 Å². The van der Waals surface area contributed by atoms with Crippen LogP contribution in [0, 0.1) is 5.92 Å². The summed E-state index contributed by atoms with van der Waals surface area (Å²) >= 11 is 0. The largest absolute Gasteiger partial charge is 0.390 e. The third-order valence-corrected chi connectivity index (χ3v) is 4.15. The number of nitrogens with zero attached hydrogens (tertiary/aromatic N) is 2. The molecule has 1 fully saturated rings. The van der Waals surface area contributed by atoms with Gasteiger partial charge >= 0.3 is 0 Å². The Morgan fingerprint density at radius 3 is 2.63 bits per heavy atom. The van der Waals surface area contributed by atoms with E-state index < -0.39 is 5.60 Å². The molecule has 3 nitrogen and oxygen atoms in total. The fourth-order valence-corrected chi connectivity index (χ4v) is 2.71. The van der Waals surface area contributed by atoms with Gasteiger partial charge in [-0.25, -0.2) is 0 Å². The van der Waals surface area contributed by atoms with Crippen molar-refractivity contribution in [2.75, 3.05) is 18.0 Å². The molecule has 19 heavy (non-hydrogen) atoms. The molecule has 3 heteroatoms. The first kappa shape index (κ1) is 14.3. The van der Waals surface area contributed by atoms with Crippen LogP contribution in [-0.2, 0) is 0 Å². The minimum Gasteiger partial charge on any atom is -0.390 e. The fourth-order valence-electron chi connectivity index (χ4n) is 2.71. The first-order chi connectivity index (χ1) is 8.88. The lowest BCUT2D eigenvalue weighted by molar-refractivity contribution is 0.0110. The molecule has 2 heterocycles. The van der Waals surface area contributed by atoms with E-state index in [1.807, 2.05) is 20.0 Å². The second-order valence-corrected chi connectivity index (χ2v) is 6.53. The number of aliphatic hydroxyl groups is 1. The van der Waals surface area contributed by atoms with Gasteiger partial charge in [0.1, 0.15) is 0 Å². The van der Waals surface area contributed by atoms with Crippen molar-refractivity contribution < 1.29 is 5.11 Å². The molecule has 0 saturated carbocycles. The van der Waals surface area contributed by atoms with Crippen LogP contribution in [0.4, 0.5) is 5.69 Å². The minimum absolute atomic E-state index is 0.339. The van der Waals surface area contributed by atoms with Crippen LogP contribution in [0.1, 0.15) is 52.1 Å². The lowest BCUT2D eigenvalue weighted by Crippen LogP contribution is -2.44. The lowest BCUT2D eigenvalue weighted by atomic mass is 9.84. The highest BCUT2D eigenvalue weighted by molar-refractivity contribution is 5.45. The van der Waals surface area contributed by atoms with Crippen molar-refractivity contribution in [2.45, 2.75) is 52.1 Å². The van der Waals surface area contributed by atoms with Crippen LogP contribution in [0.3, 0.4) is 0 Å². The molecular formula is C16H26N2O. The maximum Gasteiger partial charge on any atom is 0.0636 e. The summed E-state index contributed by atoms with van der Waals surface area (Å²) in [4.78, 5) is 6.89. The molecule has 1 atom stereocenters. The molecule has 0 bridgehead atoms. The summed E-state index contributed by atoms with van der Waals surface area (Å²) < 4.78 is 0. The zero-order chi connectivity index (χ0) is 14.0. The molecule has 2 rings (SSSR count). The average Bonchev–Trinajstić information content (AvgIpc) is 2.38. The average molecular weight is 262 g/mol. The van der Waals surface area contributed by atoms with E-state index in [-0.39, 0.29) is 0 Å². The fraction of sp³-hybridized carbons (Fsp3) is 0.688. The van der Waals surface area contributed by atoms with Crippen molar-refractivity contribution in [3.63, 3.8) is 0 Å². The molecule has 106 valence electrons. The van der Waals surface area contributed by atoms with Gasteiger partial charge in [-0.05, 0) is 44.7 Å². The molecule has 1 N–H and O–H groups in total. The number of pyridine rings is 1. The van der Waals surface area contributed by atoms with Crippen LogP contribution in [0.5, 0.6) is 0 Å².